The predicted octanol–water partition coefficient (Wildman–Crippen LogP) is 19.8. The van der Waals surface area contributed by atoms with Gasteiger partial charge in [0.15, 0.2) is 12.2 Å². The number of phosphoric ester groups is 2. The molecule has 0 aliphatic rings. The van der Waals surface area contributed by atoms with Gasteiger partial charge < -0.3 is 33.8 Å². The molecule has 0 aromatic heterocycles. The summed E-state index contributed by atoms with van der Waals surface area (Å²) in [6.07, 6.45) is 44.7. The maximum Gasteiger partial charge on any atom is 0.472 e. The van der Waals surface area contributed by atoms with Crippen LogP contribution in [0.15, 0.2) is 0 Å². The van der Waals surface area contributed by atoms with Gasteiger partial charge in [-0.15, -0.1) is 0 Å². The average molecular weight is 1310 g/mol. The van der Waals surface area contributed by atoms with Gasteiger partial charge in [-0.05, 0) is 43.4 Å². The van der Waals surface area contributed by atoms with Gasteiger partial charge in [-0.1, -0.05) is 299 Å². The molecule has 19 heteroatoms. The molecule has 0 saturated carbocycles. The number of carbonyl (C=O) groups excluding carboxylic acids is 4. The molecule has 0 aliphatic heterocycles. The summed E-state index contributed by atoms with van der Waals surface area (Å²) < 4.78 is 68.1. The van der Waals surface area contributed by atoms with Crippen LogP contribution in [0.3, 0.4) is 0 Å². The third-order valence-electron chi connectivity index (χ3n) is 16.5. The lowest BCUT2D eigenvalue weighted by atomic mass is 9.99. The minimum absolute atomic E-state index is 0.104. The van der Waals surface area contributed by atoms with Gasteiger partial charge in [0.2, 0.25) is 0 Å². The topological polar surface area (TPSA) is 237 Å². The second-order valence-electron chi connectivity index (χ2n) is 26.5. The molecule has 0 aliphatic carbocycles. The number of rotatable bonds is 68. The average Bonchev–Trinajstić information content (AvgIpc) is 3.63. The maximum atomic E-state index is 13.0. The van der Waals surface area contributed by atoms with Crippen molar-refractivity contribution in [3.05, 3.63) is 0 Å². The zero-order valence-corrected chi connectivity index (χ0v) is 59.7. The zero-order chi connectivity index (χ0) is 65.9. The first-order valence-corrected chi connectivity index (χ1v) is 39.4. The minimum Gasteiger partial charge on any atom is -0.462 e. The lowest BCUT2D eigenvalue weighted by Crippen LogP contribution is -2.30. The van der Waals surface area contributed by atoms with Crippen LogP contribution in [-0.2, 0) is 65.4 Å². The SMILES string of the molecule is CCCCCCCC(=O)OC[C@H](COP(=O)(O)OC[C@H](O)COP(=O)(O)OC[C@@H](COC(=O)CCCCCCCCCCCCCCC(C)C)OC(=O)CCCCCCCCCCCCCCCCC(C)C)OC(=O)CCCCCCCCCCC(C)CC. The zero-order valence-electron chi connectivity index (χ0n) is 57.9. The summed E-state index contributed by atoms with van der Waals surface area (Å²) in [5.41, 5.74) is 0. The number of aliphatic hydroxyl groups excluding tert-OH is 1. The van der Waals surface area contributed by atoms with Gasteiger partial charge in [-0.2, -0.15) is 0 Å². The molecule has 0 fully saturated rings. The predicted molar refractivity (Wildman–Crippen MR) is 358 cm³/mol. The number of esters is 4. The van der Waals surface area contributed by atoms with Gasteiger partial charge in [-0.25, -0.2) is 9.13 Å². The van der Waals surface area contributed by atoms with Crippen LogP contribution in [0.2, 0.25) is 0 Å². The Labute approximate surface area is 543 Å². The first kappa shape index (κ1) is 87.1. The van der Waals surface area contributed by atoms with Gasteiger partial charge in [0.05, 0.1) is 26.4 Å². The summed E-state index contributed by atoms with van der Waals surface area (Å²) in [4.78, 5) is 72.3. The minimum atomic E-state index is -4.95. The molecule has 0 aromatic carbocycles. The highest BCUT2D eigenvalue weighted by Gasteiger charge is 2.30. The molecule has 6 atom stereocenters. The fourth-order valence-corrected chi connectivity index (χ4v) is 12.1. The van der Waals surface area contributed by atoms with Crippen LogP contribution in [-0.4, -0.2) is 96.7 Å². The molecule has 3 unspecified atom stereocenters. The molecule has 89 heavy (non-hydrogen) atoms. The first-order chi connectivity index (χ1) is 42.8. The molecule has 3 N–H and O–H groups in total. The Kier molecular flexibility index (Phi) is 59.6. The lowest BCUT2D eigenvalue weighted by Gasteiger charge is -2.21. The van der Waals surface area contributed by atoms with E-state index in [4.69, 9.17) is 37.0 Å². The molecule has 0 saturated heterocycles. The highest BCUT2D eigenvalue weighted by Crippen LogP contribution is 2.45. The van der Waals surface area contributed by atoms with E-state index in [2.05, 4.69) is 48.5 Å². The van der Waals surface area contributed by atoms with Gasteiger partial charge in [0, 0.05) is 25.7 Å². The quantitative estimate of drug-likeness (QED) is 0.0222. The van der Waals surface area contributed by atoms with Crippen LogP contribution in [0, 0.1) is 17.8 Å². The number of unbranched alkanes of at least 4 members (excludes halogenated alkanes) is 35. The van der Waals surface area contributed by atoms with Crippen LogP contribution in [0.25, 0.3) is 0 Å². The van der Waals surface area contributed by atoms with E-state index in [1.165, 1.54) is 154 Å². The van der Waals surface area contributed by atoms with Crippen molar-refractivity contribution in [3.63, 3.8) is 0 Å². The standard InChI is InChI=1S/C70H136O17P2/c1-8-10-11-34-44-51-67(72)80-57-65(86-70(75)54-47-40-33-27-26-30-37-43-50-63(7)9-2)59-84-88(76,77)82-55-64(71)56-83-89(78,79)85-60-66(58-81-68(73)52-45-38-31-24-20-17-16-19-23-29-36-42-49-62(5)6)87-69(74)53-46-39-32-25-21-15-13-12-14-18-22-28-35-41-48-61(3)4/h61-66,71H,8-60H2,1-7H3,(H,76,77)(H,78,79)/t63?,64-,65+,66+/m0/s1. The third kappa shape index (κ3) is 63.2. The normalized spacial score (nSPS) is 14.5. The Hall–Kier alpha value is -1.94. The highest BCUT2D eigenvalue weighted by molar-refractivity contribution is 7.47. The van der Waals surface area contributed by atoms with Crippen LogP contribution >= 0.6 is 15.6 Å². The van der Waals surface area contributed by atoms with E-state index in [1.807, 2.05) is 0 Å². The van der Waals surface area contributed by atoms with Crippen molar-refractivity contribution in [2.75, 3.05) is 39.6 Å². The van der Waals surface area contributed by atoms with Crippen LogP contribution in [0.5, 0.6) is 0 Å². The Bertz CT molecular complexity index is 1750. The molecule has 17 nitrogen and oxygen atoms in total. The fraction of sp³-hybridized carbons (Fsp3) is 0.943. The second-order valence-corrected chi connectivity index (χ2v) is 29.4. The molecule has 0 amide bonds. The van der Waals surface area contributed by atoms with Crippen molar-refractivity contribution in [1.29, 1.82) is 0 Å². The summed E-state index contributed by atoms with van der Waals surface area (Å²) in [5.74, 6) is 0.209. The van der Waals surface area contributed by atoms with Crippen molar-refractivity contribution in [1.82, 2.24) is 0 Å². The number of ether oxygens (including phenoxy) is 4. The number of aliphatic hydroxyl groups is 1. The maximum absolute atomic E-state index is 13.0. The van der Waals surface area contributed by atoms with E-state index in [1.54, 1.807) is 0 Å². The molecule has 0 rings (SSSR count). The van der Waals surface area contributed by atoms with Gasteiger partial charge in [0.25, 0.3) is 0 Å². The molecule has 528 valence electrons. The fourth-order valence-electron chi connectivity index (χ4n) is 10.5. The largest absolute Gasteiger partial charge is 0.472 e. The number of carbonyl (C=O) groups is 4. The molecule has 0 bridgehead atoms. The number of hydrogen-bond donors (Lipinski definition) is 3. The van der Waals surface area contributed by atoms with Crippen LogP contribution < -0.4 is 0 Å². The number of hydrogen-bond acceptors (Lipinski definition) is 15. The molecule has 0 heterocycles. The molecule has 0 spiro atoms. The monoisotopic (exact) mass is 1310 g/mol. The van der Waals surface area contributed by atoms with Crippen molar-refractivity contribution >= 4 is 39.5 Å². The summed E-state index contributed by atoms with van der Waals surface area (Å²) in [7, 11) is -9.89. The van der Waals surface area contributed by atoms with E-state index in [9.17, 15) is 43.2 Å². The molecule has 0 aromatic rings. The van der Waals surface area contributed by atoms with E-state index in [0.29, 0.717) is 25.7 Å². The smallest absolute Gasteiger partial charge is 0.462 e. The van der Waals surface area contributed by atoms with Gasteiger partial charge >= 0.3 is 39.5 Å². The van der Waals surface area contributed by atoms with E-state index < -0.39 is 97.5 Å². The Morgan fingerprint density at radius 2 is 0.573 bits per heavy atom. The summed E-state index contributed by atoms with van der Waals surface area (Å²) >= 11 is 0. The Morgan fingerprint density at radius 1 is 0.326 bits per heavy atom. The number of phosphoric acid groups is 2. The molecule has 0 radical (unpaired) electrons. The van der Waals surface area contributed by atoms with E-state index in [0.717, 1.165) is 114 Å². The van der Waals surface area contributed by atoms with Crippen molar-refractivity contribution in [2.24, 2.45) is 17.8 Å². The Balaban J connectivity index is 5.17. The van der Waals surface area contributed by atoms with Gasteiger partial charge in [0.1, 0.15) is 19.3 Å². The van der Waals surface area contributed by atoms with E-state index in [-0.39, 0.29) is 25.7 Å². The highest BCUT2D eigenvalue weighted by atomic mass is 31.2. The Morgan fingerprint density at radius 3 is 0.854 bits per heavy atom. The summed E-state index contributed by atoms with van der Waals surface area (Å²) in [6, 6.07) is 0. The van der Waals surface area contributed by atoms with Gasteiger partial charge in [-0.3, -0.25) is 37.3 Å². The van der Waals surface area contributed by atoms with E-state index >= 15 is 0 Å². The van der Waals surface area contributed by atoms with Crippen molar-refractivity contribution in [3.8, 4) is 0 Å². The van der Waals surface area contributed by atoms with Crippen LogP contribution in [0.1, 0.15) is 350 Å². The molecular weight excluding hydrogens is 1170 g/mol. The molecular formula is C70H136O17P2. The van der Waals surface area contributed by atoms with Crippen molar-refractivity contribution in [2.45, 2.75) is 369 Å². The first-order valence-electron chi connectivity index (χ1n) is 36.4. The lowest BCUT2D eigenvalue weighted by molar-refractivity contribution is -0.161. The summed E-state index contributed by atoms with van der Waals surface area (Å²) in [5, 5.41) is 10.6. The van der Waals surface area contributed by atoms with Crippen LogP contribution in [0.4, 0.5) is 0 Å². The summed E-state index contributed by atoms with van der Waals surface area (Å²) in [6.45, 7) is 11.8. The third-order valence-corrected chi connectivity index (χ3v) is 18.4. The second kappa shape index (κ2) is 61.0. The van der Waals surface area contributed by atoms with Crippen molar-refractivity contribution < 1.29 is 80.2 Å².